The predicted molar refractivity (Wildman–Crippen MR) is 104 cm³/mol. The molecule has 0 aliphatic carbocycles. The number of carbonyl (C=O) groups is 1. The number of hydrogen-bond donors (Lipinski definition) is 1. The molecule has 2 aliphatic heterocycles. The van der Waals surface area contributed by atoms with Gasteiger partial charge in [0.2, 0.25) is 5.91 Å². The van der Waals surface area contributed by atoms with Gasteiger partial charge in [-0.3, -0.25) is 9.78 Å². The molecule has 0 unspecified atom stereocenters. The van der Waals surface area contributed by atoms with Crippen molar-refractivity contribution in [3.8, 4) is 0 Å². The van der Waals surface area contributed by atoms with Gasteiger partial charge in [-0.15, -0.1) is 0 Å². The van der Waals surface area contributed by atoms with E-state index in [0.717, 1.165) is 55.8 Å². The highest BCUT2D eigenvalue weighted by atomic mass is 16.2. The van der Waals surface area contributed by atoms with Crippen LogP contribution in [0.15, 0.2) is 30.9 Å². The maximum absolute atomic E-state index is 13.3. The first-order chi connectivity index (χ1) is 13.1. The number of fused-ring (bicyclic) bond motifs is 1. The summed E-state index contributed by atoms with van der Waals surface area (Å²) in [7, 11) is 0. The first kappa shape index (κ1) is 18.2. The van der Waals surface area contributed by atoms with Crippen LogP contribution < -0.4 is 0 Å². The van der Waals surface area contributed by atoms with Crippen molar-refractivity contribution < 1.29 is 4.79 Å². The molecular weight excluding hydrogens is 338 g/mol. The topological polar surface area (TPSA) is 65.1 Å². The van der Waals surface area contributed by atoms with Crippen molar-refractivity contribution in [2.75, 3.05) is 19.6 Å². The normalized spacial score (nSPS) is 21.4. The molecule has 27 heavy (non-hydrogen) atoms. The fourth-order valence-corrected chi connectivity index (χ4v) is 4.47. The van der Waals surface area contributed by atoms with Crippen molar-refractivity contribution in [2.24, 2.45) is 5.92 Å². The van der Waals surface area contributed by atoms with Gasteiger partial charge in [0, 0.05) is 43.5 Å². The average molecular weight is 367 g/mol. The highest BCUT2D eigenvalue weighted by Crippen LogP contribution is 2.34. The van der Waals surface area contributed by atoms with E-state index in [0.29, 0.717) is 18.4 Å². The molecule has 1 fully saturated rings. The third kappa shape index (κ3) is 3.76. The summed E-state index contributed by atoms with van der Waals surface area (Å²) in [4.78, 5) is 29.7. The Balaban J connectivity index is 1.49. The van der Waals surface area contributed by atoms with Gasteiger partial charge in [0.05, 0.1) is 12.0 Å². The molecule has 144 valence electrons. The number of piperidine rings is 1. The van der Waals surface area contributed by atoms with E-state index in [-0.39, 0.29) is 11.9 Å². The molecule has 1 saturated heterocycles. The van der Waals surface area contributed by atoms with Gasteiger partial charge in [0.25, 0.3) is 0 Å². The Bertz CT molecular complexity index is 764. The zero-order chi connectivity index (χ0) is 18.8. The van der Waals surface area contributed by atoms with Crippen LogP contribution in [0.5, 0.6) is 0 Å². The summed E-state index contributed by atoms with van der Waals surface area (Å²) in [5, 5.41) is 0. The van der Waals surface area contributed by atoms with Crippen molar-refractivity contribution in [3.63, 3.8) is 0 Å². The van der Waals surface area contributed by atoms with E-state index in [9.17, 15) is 4.79 Å². The first-order valence-corrected chi connectivity index (χ1v) is 10.1. The van der Waals surface area contributed by atoms with Gasteiger partial charge >= 0.3 is 0 Å². The van der Waals surface area contributed by atoms with Crippen molar-refractivity contribution in [1.29, 1.82) is 0 Å². The molecule has 0 saturated carbocycles. The lowest BCUT2D eigenvalue weighted by atomic mass is 9.90. The largest absolute Gasteiger partial charge is 0.348 e. The minimum atomic E-state index is -0.105. The summed E-state index contributed by atoms with van der Waals surface area (Å²) in [6, 6.07) is 4.48. The van der Waals surface area contributed by atoms with Crippen LogP contribution in [0.2, 0.25) is 0 Å². The quantitative estimate of drug-likeness (QED) is 0.902. The Morgan fingerprint density at radius 3 is 2.67 bits per heavy atom. The van der Waals surface area contributed by atoms with Gasteiger partial charge in [-0.05, 0) is 63.4 Å². The molecule has 2 aliphatic rings. The van der Waals surface area contributed by atoms with Gasteiger partial charge < -0.3 is 14.8 Å². The number of aromatic nitrogens is 3. The summed E-state index contributed by atoms with van der Waals surface area (Å²) in [5.74, 6) is 0.750. The monoisotopic (exact) mass is 367 g/mol. The molecule has 4 rings (SSSR count). The molecule has 0 spiro atoms. The number of H-pyrrole nitrogens is 1. The minimum Gasteiger partial charge on any atom is -0.348 e. The number of hydrogen-bond acceptors (Lipinski definition) is 4. The van der Waals surface area contributed by atoms with E-state index in [4.69, 9.17) is 0 Å². The molecule has 4 heterocycles. The summed E-state index contributed by atoms with van der Waals surface area (Å²) in [5.41, 5.74) is 3.21. The molecule has 6 heteroatoms. The molecule has 1 N–H and O–H groups in total. The highest BCUT2D eigenvalue weighted by molar-refractivity contribution is 5.78. The van der Waals surface area contributed by atoms with E-state index in [1.165, 1.54) is 0 Å². The van der Waals surface area contributed by atoms with E-state index < -0.39 is 0 Å². The van der Waals surface area contributed by atoms with Crippen molar-refractivity contribution in [2.45, 2.75) is 51.6 Å². The standard InChI is InChI=1S/C21H29N5O/c1-15(2)25-10-5-16(6-11-25)13-19(27)26-12-7-18-20(24-14-23-18)21(26)17-3-8-22-9-4-17/h3-4,8-9,14-16,21H,5-7,10-13H2,1-2H3,(H,23,24)/t21-/m1/s1. The maximum Gasteiger partial charge on any atom is 0.223 e. The summed E-state index contributed by atoms with van der Waals surface area (Å²) in [6.07, 6.45) is 9.05. The minimum absolute atomic E-state index is 0.105. The first-order valence-electron chi connectivity index (χ1n) is 10.1. The molecular formula is C21H29N5O. The van der Waals surface area contributed by atoms with Crippen molar-refractivity contribution in [3.05, 3.63) is 47.8 Å². The van der Waals surface area contributed by atoms with Crippen LogP contribution in [0.3, 0.4) is 0 Å². The summed E-state index contributed by atoms with van der Waals surface area (Å²) in [6.45, 7) is 7.45. The smallest absolute Gasteiger partial charge is 0.223 e. The maximum atomic E-state index is 13.3. The van der Waals surface area contributed by atoms with Gasteiger partial charge in [-0.2, -0.15) is 0 Å². The van der Waals surface area contributed by atoms with Crippen molar-refractivity contribution >= 4 is 5.91 Å². The van der Waals surface area contributed by atoms with Crippen LogP contribution >= 0.6 is 0 Å². The van der Waals surface area contributed by atoms with E-state index >= 15 is 0 Å². The number of pyridine rings is 1. The number of likely N-dealkylation sites (tertiary alicyclic amines) is 1. The highest BCUT2D eigenvalue weighted by Gasteiger charge is 2.35. The summed E-state index contributed by atoms with van der Waals surface area (Å²) < 4.78 is 0. The van der Waals surface area contributed by atoms with Crippen LogP contribution in [0.4, 0.5) is 0 Å². The molecule has 0 bridgehead atoms. The van der Waals surface area contributed by atoms with Gasteiger partial charge in [-0.1, -0.05) is 0 Å². The molecule has 2 aromatic heterocycles. The number of aromatic amines is 1. The van der Waals surface area contributed by atoms with Gasteiger partial charge in [-0.25, -0.2) is 4.98 Å². The molecule has 6 nitrogen and oxygen atoms in total. The number of nitrogens with zero attached hydrogens (tertiary/aromatic N) is 4. The zero-order valence-electron chi connectivity index (χ0n) is 16.3. The lowest BCUT2D eigenvalue weighted by Crippen LogP contribution is -2.43. The second-order valence-corrected chi connectivity index (χ2v) is 8.06. The Hall–Kier alpha value is -2.21. The molecule has 0 aromatic carbocycles. The number of rotatable bonds is 4. The SMILES string of the molecule is CC(C)N1CCC(CC(=O)N2CCc3[nH]cnc3[C@H]2c2ccncc2)CC1. The molecule has 1 atom stereocenters. The van der Waals surface area contributed by atoms with Crippen LogP contribution in [-0.2, 0) is 11.2 Å². The fourth-order valence-electron chi connectivity index (χ4n) is 4.47. The third-order valence-corrected chi connectivity index (χ3v) is 6.11. The molecule has 0 radical (unpaired) electrons. The zero-order valence-corrected chi connectivity index (χ0v) is 16.3. The third-order valence-electron chi connectivity index (χ3n) is 6.11. The van der Waals surface area contributed by atoms with Gasteiger partial charge in [0.15, 0.2) is 0 Å². The fraction of sp³-hybridized carbons (Fsp3) is 0.571. The Morgan fingerprint density at radius 1 is 1.22 bits per heavy atom. The van der Waals surface area contributed by atoms with Crippen molar-refractivity contribution in [1.82, 2.24) is 24.8 Å². The second-order valence-electron chi connectivity index (χ2n) is 8.06. The Morgan fingerprint density at radius 2 is 1.96 bits per heavy atom. The number of carbonyl (C=O) groups excluding carboxylic acids is 1. The lowest BCUT2D eigenvalue weighted by molar-refractivity contribution is -0.134. The summed E-state index contributed by atoms with van der Waals surface area (Å²) >= 11 is 0. The number of imidazole rings is 1. The number of nitrogens with one attached hydrogen (secondary N) is 1. The number of amides is 1. The Kier molecular flexibility index (Phi) is 5.25. The van der Waals surface area contributed by atoms with Crippen LogP contribution in [-0.4, -0.2) is 56.3 Å². The lowest BCUT2D eigenvalue weighted by Gasteiger charge is -2.38. The van der Waals surface area contributed by atoms with Crippen LogP contribution in [0, 0.1) is 5.92 Å². The van der Waals surface area contributed by atoms with E-state index in [1.807, 2.05) is 17.0 Å². The predicted octanol–water partition coefficient (Wildman–Crippen LogP) is 2.79. The molecule has 1 amide bonds. The van der Waals surface area contributed by atoms with Crippen LogP contribution in [0.25, 0.3) is 0 Å². The van der Waals surface area contributed by atoms with E-state index in [1.54, 1.807) is 18.7 Å². The average Bonchev–Trinajstić information content (AvgIpc) is 3.17. The molecule has 2 aromatic rings. The van der Waals surface area contributed by atoms with Gasteiger partial charge in [0.1, 0.15) is 6.04 Å². The van der Waals surface area contributed by atoms with E-state index in [2.05, 4.69) is 33.7 Å². The van der Waals surface area contributed by atoms with Crippen LogP contribution in [0.1, 0.15) is 56.1 Å². The Labute approximate surface area is 161 Å². The second kappa shape index (κ2) is 7.80.